The van der Waals surface area contributed by atoms with Crippen molar-refractivity contribution in [2.24, 2.45) is 5.92 Å². The van der Waals surface area contributed by atoms with Gasteiger partial charge in [-0.2, -0.15) is 0 Å². The van der Waals surface area contributed by atoms with Crippen LogP contribution in [0.25, 0.3) is 0 Å². The number of carboxylic acids is 1. The van der Waals surface area contributed by atoms with Gasteiger partial charge >= 0.3 is 5.97 Å². The summed E-state index contributed by atoms with van der Waals surface area (Å²) in [7, 11) is 2.10. The van der Waals surface area contributed by atoms with Crippen LogP contribution in [0.2, 0.25) is 0 Å². The SMILES string of the molecule is Br.CN1[C@@H]2CC([C@](CO)(C(=O)O)c3ccccc3)C[C@H]1[C@@H]1O[C@@H]12.O.O.O. The number of aliphatic hydroxyl groups is 1. The molecule has 26 heavy (non-hydrogen) atoms. The zero-order chi connectivity index (χ0) is 15.5. The lowest BCUT2D eigenvalue weighted by Gasteiger charge is -2.45. The fourth-order valence-corrected chi connectivity index (χ4v) is 4.70. The van der Waals surface area contributed by atoms with Crippen LogP contribution in [-0.4, -0.2) is 75.5 Å². The third-order valence-corrected chi connectivity index (χ3v) is 6.04. The zero-order valence-electron chi connectivity index (χ0n) is 14.5. The third kappa shape index (κ3) is 3.29. The van der Waals surface area contributed by atoms with Crippen molar-refractivity contribution < 1.29 is 36.2 Å². The number of carboxylic acid groups (broad SMARTS) is 1. The molecule has 3 aliphatic heterocycles. The van der Waals surface area contributed by atoms with Gasteiger partial charge in [-0.05, 0) is 31.4 Å². The Morgan fingerprint density at radius 1 is 1.15 bits per heavy atom. The summed E-state index contributed by atoms with van der Waals surface area (Å²) in [5, 5.41) is 20.0. The molecule has 8 N–H and O–H groups in total. The van der Waals surface area contributed by atoms with Crippen LogP contribution < -0.4 is 0 Å². The molecule has 0 aliphatic carbocycles. The first-order chi connectivity index (χ1) is 10.6. The Labute approximate surface area is 162 Å². The van der Waals surface area contributed by atoms with Crippen molar-refractivity contribution in [3.05, 3.63) is 35.9 Å². The average Bonchev–Trinajstić information content (AvgIpc) is 3.27. The topological polar surface area (TPSA) is 168 Å². The van der Waals surface area contributed by atoms with Crippen LogP contribution in [0.15, 0.2) is 30.3 Å². The molecule has 3 heterocycles. The highest BCUT2D eigenvalue weighted by Gasteiger charge is 2.65. The molecule has 8 nitrogen and oxygen atoms in total. The van der Waals surface area contributed by atoms with E-state index in [2.05, 4.69) is 11.9 Å². The normalized spacial score (nSPS) is 33.1. The van der Waals surface area contributed by atoms with Gasteiger partial charge in [-0.1, -0.05) is 30.3 Å². The molecular weight excluding hydrogens is 410 g/mol. The lowest BCUT2D eigenvalue weighted by atomic mass is 9.65. The van der Waals surface area contributed by atoms with Crippen LogP contribution >= 0.6 is 17.0 Å². The highest BCUT2D eigenvalue weighted by atomic mass is 79.9. The Bertz CT molecular complexity index is 586. The van der Waals surface area contributed by atoms with Gasteiger partial charge in [0, 0.05) is 12.1 Å². The molecule has 3 aliphatic rings. The molecule has 6 atom stereocenters. The molecule has 1 unspecified atom stereocenters. The second kappa shape index (κ2) is 8.75. The summed E-state index contributed by atoms with van der Waals surface area (Å²) in [5.74, 6) is -0.996. The predicted octanol–water partition coefficient (Wildman–Crippen LogP) is -1.03. The predicted molar refractivity (Wildman–Crippen MR) is 101 cm³/mol. The fourth-order valence-electron chi connectivity index (χ4n) is 4.70. The number of piperidine rings is 1. The maximum absolute atomic E-state index is 12.2. The molecule has 1 aromatic rings. The molecule has 4 rings (SSSR count). The molecule has 150 valence electrons. The number of rotatable bonds is 4. The highest BCUT2D eigenvalue weighted by molar-refractivity contribution is 8.93. The van der Waals surface area contributed by atoms with E-state index in [-0.39, 0.29) is 70.2 Å². The zero-order valence-corrected chi connectivity index (χ0v) is 16.2. The summed E-state index contributed by atoms with van der Waals surface area (Å²) in [6.45, 7) is -0.365. The minimum absolute atomic E-state index is 0. The van der Waals surface area contributed by atoms with Gasteiger partial charge in [-0.15, -0.1) is 17.0 Å². The van der Waals surface area contributed by atoms with Gasteiger partial charge in [-0.3, -0.25) is 9.69 Å². The van der Waals surface area contributed by atoms with Crippen molar-refractivity contribution in [2.45, 2.75) is 42.5 Å². The average molecular weight is 438 g/mol. The highest BCUT2D eigenvalue weighted by Crippen LogP contribution is 2.53. The number of epoxide rings is 1. The first kappa shape index (κ1) is 24.9. The second-order valence-corrected chi connectivity index (χ2v) is 6.83. The molecule has 2 bridgehead atoms. The Morgan fingerprint density at radius 2 is 1.65 bits per heavy atom. The minimum atomic E-state index is -1.21. The van der Waals surface area contributed by atoms with Crippen molar-refractivity contribution >= 4 is 23.0 Å². The summed E-state index contributed by atoms with van der Waals surface area (Å²) in [4.78, 5) is 14.5. The Balaban J connectivity index is 0.00000156. The molecule has 3 fully saturated rings. The lowest BCUT2D eigenvalue weighted by molar-refractivity contribution is -0.150. The van der Waals surface area contributed by atoms with Crippen molar-refractivity contribution in [1.29, 1.82) is 0 Å². The molecule has 0 amide bonds. The number of ether oxygens (including phenoxy) is 1. The number of fused-ring (bicyclic) bond motifs is 5. The molecular formula is C17H28BrNO7. The van der Waals surface area contributed by atoms with E-state index in [0.717, 1.165) is 12.8 Å². The monoisotopic (exact) mass is 437 g/mol. The second-order valence-electron chi connectivity index (χ2n) is 6.83. The van der Waals surface area contributed by atoms with Crippen LogP contribution in [0.4, 0.5) is 0 Å². The van der Waals surface area contributed by atoms with E-state index in [4.69, 9.17) is 4.74 Å². The van der Waals surface area contributed by atoms with Crippen LogP contribution in [0.3, 0.4) is 0 Å². The van der Waals surface area contributed by atoms with E-state index in [1.165, 1.54) is 0 Å². The molecule has 0 spiro atoms. The van der Waals surface area contributed by atoms with Crippen molar-refractivity contribution in [2.75, 3.05) is 13.7 Å². The number of morpholine rings is 1. The number of carbonyl (C=O) groups is 1. The number of benzene rings is 1. The molecule has 0 aromatic heterocycles. The van der Waals surface area contributed by atoms with E-state index in [1.54, 1.807) is 0 Å². The van der Waals surface area contributed by atoms with E-state index in [9.17, 15) is 15.0 Å². The fraction of sp³-hybridized carbons (Fsp3) is 0.588. The van der Waals surface area contributed by atoms with Gasteiger partial charge in [-0.25, -0.2) is 0 Å². The standard InChI is InChI=1S/C17H21NO4.BrH.3H2O/c1-18-12-7-11(8-13(18)15-14(12)22-15)17(9-19,16(20)21)10-5-3-2-4-6-10;;;;/h2-6,11-15,19H,7-9H2,1H3,(H,20,21);1H;3*1H2/t11?,12-,13+,14-,15+,17-;;;;/m1..../s1. The van der Waals surface area contributed by atoms with E-state index < -0.39 is 11.4 Å². The van der Waals surface area contributed by atoms with Crippen LogP contribution in [-0.2, 0) is 14.9 Å². The largest absolute Gasteiger partial charge is 0.481 e. The number of halogens is 1. The molecule has 9 heteroatoms. The van der Waals surface area contributed by atoms with Crippen LogP contribution in [0.1, 0.15) is 18.4 Å². The van der Waals surface area contributed by atoms with E-state index in [1.807, 2.05) is 30.3 Å². The summed E-state index contributed by atoms with van der Waals surface area (Å²) < 4.78 is 5.70. The summed E-state index contributed by atoms with van der Waals surface area (Å²) >= 11 is 0. The first-order valence-electron chi connectivity index (χ1n) is 7.86. The first-order valence-corrected chi connectivity index (χ1v) is 7.86. The summed E-state index contributed by atoms with van der Waals surface area (Å²) in [6.07, 6.45) is 2.05. The molecule has 0 saturated carbocycles. The van der Waals surface area contributed by atoms with Gasteiger partial charge in [0.2, 0.25) is 0 Å². The van der Waals surface area contributed by atoms with Gasteiger partial charge < -0.3 is 31.4 Å². The summed E-state index contributed by atoms with van der Waals surface area (Å²) in [5.41, 5.74) is -0.510. The number of hydrogen-bond donors (Lipinski definition) is 2. The Morgan fingerprint density at radius 3 is 2.08 bits per heavy atom. The van der Waals surface area contributed by atoms with Crippen molar-refractivity contribution in [3.8, 4) is 0 Å². The number of hydrogen-bond acceptors (Lipinski definition) is 4. The van der Waals surface area contributed by atoms with Crippen molar-refractivity contribution in [3.63, 3.8) is 0 Å². The quantitative estimate of drug-likeness (QED) is 0.572. The van der Waals surface area contributed by atoms with Crippen LogP contribution in [0, 0.1) is 5.92 Å². The van der Waals surface area contributed by atoms with Crippen molar-refractivity contribution in [1.82, 2.24) is 4.90 Å². The number of nitrogens with zero attached hydrogens (tertiary/aromatic N) is 1. The smallest absolute Gasteiger partial charge is 0.316 e. The number of aliphatic hydroxyl groups excluding tert-OH is 1. The van der Waals surface area contributed by atoms with E-state index >= 15 is 0 Å². The number of likely N-dealkylation sites (N-methyl/N-ethyl adjacent to an activating group) is 1. The number of aliphatic carboxylic acids is 1. The van der Waals surface area contributed by atoms with Crippen LogP contribution in [0.5, 0.6) is 0 Å². The van der Waals surface area contributed by atoms with Gasteiger partial charge in [0.15, 0.2) is 0 Å². The van der Waals surface area contributed by atoms with Gasteiger partial charge in [0.25, 0.3) is 0 Å². The molecule has 3 saturated heterocycles. The van der Waals surface area contributed by atoms with Gasteiger partial charge in [0.05, 0.1) is 6.61 Å². The summed E-state index contributed by atoms with van der Waals surface area (Å²) in [6, 6.07) is 9.75. The van der Waals surface area contributed by atoms with E-state index in [0.29, 0.717) is 5.56 Å². The minimum Gasteiger partial charge on any atom is -0.481 e. The lowest BCUT2D eigenvalue weighted by Crippen LogP contribution is -2.54. The molecule has 0 radical (unpaired) electrons. The molecule has 1 aromatic carbocycles. The van der Waals surface area contributed by atoms with Gasteiger partial charge in [0.1, 0.15) is 17.6 Å². The third-order valence-electron chi connectivity index (χ3n) is 6.04. The maximum Gasteiger partial charge on any atom is 0.316 e. The Kier molecular flexibility index (Phi) is 8.39. The maximum atomic E-state index is 12.2. The Hall–Kier alpha value is -1.07.